The monoisotopic (exact) mass is 286 g/mol. The zero-order valence-corrected chi connectivity index (χ0v) is 12.5. The Labute approximate surface area is 115 Å². The Kier molecular flexibility index (Phi) is 5.62. The van der Waals surface area contributed by atoms with Crippen LogP contribution in [0.15, 0.2) is 23.1 Å². The molecule has 0 atom stereocenters. The van der Waals surface area contributed by atoms with E-state index in [2.05, 4.69) is 4.72 Å². The van der Waals surface area contributed by atoms with Gasteiger partial charge in [-0.1, -0.05) is 13.8 Å². The summed E-state index contributed by atoms with van der Waals surface area (Å²) < 4.78 is 32.3. The number of nitrogens with one attached hydrogen (secondary N) is 1. The highest BCUT2D eigenvalue weighted by Gasteiger charge is 2.19. The van der Waals surface area contributed by atoms with Gasteiger partial charge in [0.25, 0.3) is 0 Å². The Bertz CT molecular complexity index is 513. The molecule has 1 rings (SSSR count). The van der Waals surface area contributed by atoms with Crippen molar-refractivity contribution in [3.05, 3.63) is 18.2 Å². The van der Waals surface area contributed by atoms with E-state index in [4.69, 9.17) is 10.5 Å². The molecule has 0 aliphatic carbocycles. The third-order valence-electron chi connectivity index (χ3n) is 2.57. The van der Waals surface area contributed by atoms with Gasteiger partial charge in [0.2, 0.25) is 10.0 Å². The van der Waals surface area contributed by atoms with E-state index in [0.29, 0.717) is 30.5 Å². The minimum Gasteiger partial charge on any atom is -0.492 e. The van der Waals surface area contributed by atoms with Crippen LogP contribution in [0.2, 0.25) is 0 Å². The van der Waals surface area contributed by atoms with Crippen LogP contribution in [-0.4, -0.2) is 21.6 Å². The highest BCUT2D eigenvalue weighted by atomic mass is 32.2. The van der Waals surface area contributed by atoms with Crippen LogP contribution in [0.4, 0.5) is 5.69 Å². The van der Waals surface area contributed by atoms with E-state index in [9.17, 15) is 8.42 Å². The summed E-state index contributed by atoms with van der Waals surface area (Å²) in [5.41, 5.74) is 6.05. The first-order chi connectivity index (χ1) is 8.86. The molecule has 0 spiro atoms. The highest BCUT2D eigenvalue weighted by molar-refractivity contribution is 7.89. The fraction of sp³-hybridized carbons (Fsp3) is 0.538. The third kappa shape index (κ3) is 4.72. The van der Waals surface area contributed by atoms with Crippen LogP contribution in [0.5, 0.6) is 5.75 Å². The second-order valence-corrected chi connectivity index (χ2v) is 6.45. The van der Waals surface area contributed by atoms with E-state index in [1.54, 1.807) is 19.1 Å². The van der Waals surface area contributed by atoms with E-state index in [-0.39, 0.29) is 4.90 Å². The highest BCUT2D eigenvalue weighted by Crippen LogP contribution is 2.26. The summed E-state index contributed by atoms with van der Waals surface area (Å²) in [5.74, 6) is 0.767. The van der Waals surface area contributed by atoms with Crippen molar-refractivity contribution < 1.29 is 13.2 Å². The van der Waals surface area contributed by atoms with E-state index in [0.717, 1.165) is 6.42 Å². The van der Waals surface area contributed by atoms with E-state index in [1.807, 2.05) is 13.8 Å². The number of hydrogen-bond donors (Lipinski definition) is 2. The lowest BCUT2D eigenvalue weighted by Crippen LogP contribution is -2.26. The average molecular weight is 286 g/mol. The molecule has 0 aliphatic heterocycles. The summed E-state index contributed by atoms with van der Waals surface area (Å²) in [6, 6.07) is 4.62. The molecule has 0 amide bonds. The molecular weight excluding hydrogens is 264 g/mol. The molecule has 0 saturated carbocycles. The van der Waals surface area contributed by atoms with Crippen molar-refractivity contribution in [3.8, 4) is 5.75 Å². The van der Waals surface area contributed by atoms with Gasteiger partial charge in [0.05, 0.1) is 6.61 Å². The molecule has 6 heteroatoms. The molecule has 0 bridgehead atoms. The van der Waals surface area contributed by atoms with Crippen LogP contribution in [0.25, 0.3) is 0 Å². The van der Waals surface area contributed by atoms with Gasteiger partial charge < -0.3 is 10.5 Å². The van der Waals surface area contributed by atoms with Gasteiger partial charge in [0.1, 0.15) is 10.6 Å². The molecule has 19 heavy (non-hydrogen) atoms. The van der Waals surface area contributed by atoms with Crippen molar-refractivity contribution in [2.75, 3.05) is 18.9 Å². The van der Waals surface area contributed by atoms with Crippen LogP contribution in [0, 0.1) is 5.92 Å². The zero-order valence-electron chi connectivity index (χ0n) is 11.6. The maximum absolute atomic E-state index is 12.2. The van der Waals surface area contributed by atoms with Gasteiger partial charge in [0, 0.05) is 12.2 Å². The SMILES string of the molecule is CCOc1ccc(N)cc1S(=O)(=O)NCCC(C)C. The smallest absolute Gasteiger partial charge is 0.244 e. The van der Waals surface area contributed by atoms with Crippen LogP contribution in [0.1, 0.15) is 27.2 Å². The van der Waals surface area contributed by atoms with Gasteiger partial charge in [0.15, 0.2) is 0 Å². The number of ether oxygens (including phenoxy) is 1. The molecule has 0 heterocycles. The molecule has 0 aromatic heterocycles. The van der Waals surface area contributed by atoms with Crippen molar-refractivity contribution in [3.63, 3.8) is 0 Å². The van der Waals surface area contributed by atoms with Gasteiger partial charge in [-0.2, -0.15) is 0 Å². The van der Waals surface area contributed by atoms with Crippen molar-refractivity contribution in [2.45, 2.75) is 32.1 Å². The third-order valence-corrected chi connectivity index (χ3v) is 4.05. The molecule has 1 aromatic carbocycles. The lowest BCUT2D eigenvalue weighted by molar-refractivity contribution is 0.331. The molecule has 0 aliphatic rings. The molecule has 0 unspecified atom stereocenters. The number of benzene rings is 1. The predicted molar refractivity (Wildman–Crippen MR) is 76.7 cm³/mol. The van der Waals surface area contributed by atoms with Crippen LogP contribution in [-0.2, 0) is 10.0 Å². The molecule has 108 valence electrons. The maximum atomic E-state index is 12.2. The number of nitrogen functional groups attached to an aromatic ring is 1. The Morgan fingerprint density at radius 1 is 1.37 bits per heavy atom. The minimum atomic E-state index is -3.59. The van der Waals surface area contributed by atoms with Crippen molar-refractivity contribution in [1.29, 1.82) is 0 Å². The number of sulfonamides is 1. The molecule has 0 fully saturated rings. The normalized spacial score (nSPS) is 11.8. The van der Waals surface area contributed by atoms with E-state index in [1.165, 1.54) is 6.07 Å². The van der Waals surface area contributed by atoms with Crippen molar-refractivity contribution in [1.82, 2.24) is 4.72 Å². The fourth-order valence-corrected chi connectivity index (χ4v) is 2.79. The number of nitrogens with two attached hydrogens (primary N) is 1. The Hall–Kier alpha value is -1.27. The van der Waals surface area contributed by atoms with E-state index >= 15 is 0 Å². The Morgan fingerprint density at radius 2 is 2.05 bits per heavy atom. The molecule has 1 aromatic rings. The number of hydrogen-bond acceptors (Lipinski definition) is 4. The molecular formula is C13H22N2O3S. The number of anilines is 1. The van der Waals surface area contributed by atoms with Crippen LogP contribution in [0.3, 0.4) is 0 Å². The summed E-state index contributed by atoms with van der Waals surface area (Å²) in [4.78, 5) is 0.0955. The first-order valence-electron chi connectivity index (χ1n) is 6.38. The van der Waals surface area contributed by atoms with Gasteiger partial charge in [-0.15, -0.1) is 0 Å². The minimum absolute atomic E-state index is 0.0955. The van der Waals surface area contributed by atoms with Crippen LogP contribution >= 0.6 is 0 Å². The summed E-state index contributed by atoms with van der Waals surface area (Å²) in [6.45, 7) is 6.69. The zero-order chi connectivity index (χ0) is 14.5. The van der Waals surface area contributed by atoms with Gasteiger partial charge in [-0.3, -0.25) is 0 Å². The second kappa shape index (κ2) is 6.77. The standard InChI is InChI=1S/C13H22N2O3S/c1-4-18-12-6-5-11(14)9-13(12)19(16,17)15-8-7-10(2)3/h5-6,9-10,15H,4,7-8,14H2,1-3H3. The predicted octanol–water partition coefficient (Wildman–Crippen LogP) is 1.99. The van der Waals surface area contributed by atoms with Crippen LogP contribution < -0.4 is 15.2 Å². The Morgan fingerprint density at radius 3 is 2.63 bits per heavy atom. The first kappa shape index (κ1) is 15.8. The Balaban J connectivity index is 2.95. The van der Waals surface area contributed by atoms with Gasteiger partial charge in [-0.25, -0.2) is 13.1 Å². The summed E-state index contributed by atoms with van der Waals surface area (Å²) in [6.07, 6.45) is 0.783. The fourth-order valence-electron chi connectivity index (χ4n) is 1.57. The summed E-state index contributed by atoms with van der Waals surface area (Å²) in [5, 5.41) is 0. The van der Waals surface area contributed by atoms with E-state index < -0.39 is 10.0 Å². The average Bonchev–Trinajstić information content (AvgIpc) is 2.31. The second-order valence-electron chi connectivity index (χ2n) is 4.72. The van der Waals surface area contributed by atoms with Crippen molar-refractivity contribution >= 4 is 15.7 Å². The van der Waals surface area contributed by atoms with Gasteiger partial charge in [-0.05, 0) is 37.5 Å². The molecule has 5 nitrogen and oxygen atoms in total. The van der Waals surface area contributed by atoms with Gasteiger partial charge >= 0.3 is 0 Å². The summed E-state index contributed by atoms with van der Waals surface area (Å²) in [7, 11) is -3.59. The lowest BCUT2D eigenvalue weighted by Gasteiger charge is -2.13. The molecule has 0 radical (unpaired) electrons. The largest absolute Gasteiger partial charge is 0.492 e. The first-order valence-corrected chi connectivity index (χ1v) is 7.87. The molecule has 3 N–H and O–H groups in total. The topological polar surface area (TPSA) is 81.4 Å². The number of rotatable bonds is 7. The summed E-state index contributed by atoms with van der Waals surface area (Å²) >= 11 is 0. The lowest BCUT2D eigenvalue weighted by atomic mass is 10.1. The van der Waals surface area contributed by atoms with Crippen molar-refractivity contribution in [2.24, 2.45) is 5.92 Å². The quantitative estimate of drug-likeness (QED) is 0.751. The maximum Gasteiger partial charge on any atom is 0.244 e. The molecule has 0 saturated heterocycles.